The highest BCUT2D eigenvalue weighted by Crippen LogP contribution is 2.40. The molecule has 6 rings (SSSR count). The van der Waals surface area contributed by atoms with Crippen molar-refractivity contribution in [2.24, 2.45) is 10.2 Å². The van der Waals surface area contributed by atoms with Gasteiger partial charge in [0.1, 0.15) is 11.4 Å². The molecule has 0 aliphatic rings. The molecule has 0 saturated carbocycles. The number of nitrogen functional groups attached to an aromatic ring is 1. The lowest BCUT2D eigenvalue weighted by molar-refractivity contribution is 0.571. The molecule has 194 valence electrons. The summed E-state index contributed by atoms with van der Waals surface area (Å²) in [5, 5.41) is 12.2. The van der Waals surface area contributed by atoms with Gasteiger partial charge in [-0.25, -0.2) is 13.1 Å². The van der Waals surface area contributed by atoms with Gasteiger partial charge in [-0.2, -0.15) is 0 Å². The Morgan fingerprint density at radius 3 is 2.31 bits per heavy atom. The molecule has 0 bridgehead atoms. The molecule has 0 atom stereocenters. The molecule has 3 N–H and O–H groups in total. The lowest BCUT2D eigenvalue weighted by Crippen LogP contribution is -2.30. The fourth-order valence-corrected chi connectivity index (χ4v) is 7.40. The van der Waals surface area contributed by atoms with Gasteiger partial charge in [-0.15, -0.1) is 21.6 Å². The van der Waals surface area contributed by atoms with Crippen molar-refractivity contribution in [3.63, 3.8) is 0 Å². The van der Waals surface area contributed by atoms with Gasteiger partial charge >= 0.3 is 0 Å². The van der Waals surface area contributed by atoms with E-state index in [1.54, 1.807) is 49.6 Å². The van der Waals surface area contributed by atoms with E-state index in [0.29, 0.717) is 22.1 Å². The van der Waals surface area contributed by atoms with Crippen molar-refractivity contribution in [1.29, 1.82) is 0 Å². The van der Waals surface area contributed by atoms with Crippen LogP contribution in [-0.2, 0) is 10.0 Å². The zero-order valence-corrected chi connectivity index (χ0v) is 22.9. The summed E-state index contributed by atoms with van der Waals surface area (Å²) in [6.45, 7) is 3.55. The highest BCUT2D eigenvalue weighted by molar-refractivity contribution is 7.89. The molecule has 0 fully saturated rings. The Morgan fingerprint density at radius 1 is 0.846 bits per heavy atom. The zero-order chi connectivity index (χ0) is 27.1. The average Bonchev–Trinajstić information content (AvgIpc) is 3.31. The Hall–Kier alpha value is -4.18. The summed E-state index contributed by atoms with van der Waals surface area (Å²) in [5.41, 5.74) is 9.46. The number of hydrogen-bond donors (Lipinski definition) is 2. The molecular weight excluding hydrogens is 526 g/mol. The topological polar surface area (TPSA) is 110 Å². The first kappa shape index (κ1) is 25.1. The monoisotopic (exact) mass is 551 g/mol. The molecule has 0 unspecified atom stereocenters. The molecule has 0 aliphatic carbocycles. The smallest absolute Gasteiger partial charge is 0.241 e. The SMILES string of the molecule is CC(C)NS(=O)(=O)c1cc(/N=N/c2ccc(-c3cccc4c3sc3ccccc34)nc2)c(N)c2ccccc12. The van der Waals surface area contributed by atoms with E-state index >= 15 is 0 Å². The molecule has 6 aromatic rings. The number of benzene rings is 4. The summed E-state index contributed by atoms with van der Waals surface area (Å²) in [6, 6.07) is 26.7. The van der Waals surface area contributed by atoms with E-state index < -0.39 is 10.0 Å². The Bertz CT molecular complexity index is 2000. The van der Waals surface area contributed by atoms with Crippen LogP contribution in [0.4, 0.5) is 17.1 Å². The quantitative estimate of drug-likeness (QED) is 0.162. The second-order valence-corrected chi connectivity index (χ2v) is 12.2. The number of fused-ring (bicyclic) bond motifs is 4. The third kappa shape index (κ3) is 4.65. The number of rotatable bonds is 6. The van der Waals surface area contributed by atoms with Gasteiger partial charge in [-0.3, -0.25) is 4.98 Å². The molecule has 0 aliphatic heterocycles. The number of aromatic nitrogens is 1. The van der Waals surface area contributed by atoms with Gasteiger partial charge in [0.25, 0.3) is 0 Å². The first-order valence-electron chi connectivity index (χ1n) is 12.4. The van der Waals surface area contributed by atoms with Crippen molar-refractivity contribution >= 4 is 69.4 Å². The number of nitrogens with zero attached hydrogens (tertiary/aromatic N) is 3. The van der Waals surface area contributed by atoms with Crippen LogP contribution < -0.4 is 10.5 Å². The summed E-state index contributed by atoms with van der Waals surface area (Å²) >= 11 is 1.75. The first-order valence-corrected chi connectivity index (χ1v) is 14.7. The first-order chi connectivity index (χ1) is 18.8. The summed E-state index contributed by atoms with van der Waals surface area (Å²) in [5.74, 6) is 0. The number of nitrogens with two attached hydrogens (primary N) is 1. The maximum atomic E-state index is 13.1. The van der Waals surface area contributed by atoms with Crippen LogP contribution in [-0.4, -0.2) is 19.4 Å². The number of azo groups is 1. The van der Waals surface area contributed by atoms with E-state index in [2.05, 4.69) is 62.4 Å². The number of pyridine rings is 1. The largest absolute Gasteiger partial charge is 0.396 e. The van der Waals surface area contributed by atoms with Crippen LogP contribution in [0.25, 0.3) is 42.2 Å². The van der Waals surface area contributed by atoms with Crippen molar-refractivity contribution < 1.29 is 8.42 Å². The van der Waals surface area contributed by atoms with Crippen LogP contribution in [0, 0.1) is 0 Å². The zero-order valence-electron chi connectivity index (χ0n) is 21.3. The standard InChI is InChI=1S/C30H25N5O2S2/c1-18(2)35-39(36,37)28-16-26(29(31)22-10-4-3-9-21(22)28)34-33-19-14-15-25(32-17-19)24-12-7-11-23-20-8-5-6-13-27(20)38-30(23)24/h3-18,35H,31H2,1-2H3/b34-33+. The second-order valence-electron chi connectivity index (χ2n) is 9.51. The van der Waals surface area contributed by atoms with Crippen LogP contribution in [0.5, 0.6) is 0 Å². The van der Waals surface area contributed by atoms with Crippen molar-refractivity contribution in [3.05, 3.63) is 91.1 Å². The molecule has 4 aromatic carbocycles. The van der Waals surface area contributed by atoms with Gasteiger partial charge in [-0.1, -0.05) is 60.7 Å². The highest BCUT2D eigenvalue weighted by atomic mass is 32.2. The van der Waals surface area contributed by atoms with E-state index in [9.17, 15) is 8.42 Å². The minimum Gasteiger partial charge on any atom is -0.396 e. The fourth-order valence-electron chi connectivity index (χ4n) is 4.69. The van der Waals surface area contributed by atoms with E-state index in [4.69, 9.17) is 5.73 Å². The number of anilines is 1. The Morgan fingerprint density at radius 2 is 1.56 bits per heavy atom. The van der Waals surface area contributed by atoms with Crippen LogP contribution in [0.15, 0.2) is 106 Å². The average molecular weight is 552 g/mol. The van der Waals surface area contributed by atoms with Crippen LogP contribution in [0.1, 0.15) is 13.8 Å². The van der Waals surface area contributed by atoms with E-state index in [1.807, 2.05) is 18.2 Å². The van der Waals surface area contributed by atoms with Gasteiger partial charge in [0.15, 0.2) is 0 Å². The lowest BCUT2D eigenvalue weighted by Gasteiger charge is -2.14. The predicted molar refractivity (Wildman–Crippen MR) is 161 cm³/mol. The molecule has 0 amide bonds. The summed E-state index contributed by atoms with van der Waals surface area (Å²) < 4.78 is 31.2. The van der Waals surface area contributed by atoms with E-state index in [-0.39, 0.29) is 16.6 Å². The number of sulfonamides is 1. The fraction of sp³-hybridized carbons (Fsp3) is 0.100. The summed E-state index contributed by atoms with van der Waals surface area (Å²) in [6.07, 6.45) is 1.65. The van der Waals surface area contributed by atoms with Crippen LogP contribution >= 0.6 is 11.3 Å². The Labute approximate surface area is 230 Å². The van der Waals surface area contributed by atoms with Crippen LogP contribution in [0.2, 0.25) is 0 Å². The maximum absolute atomic E-state index is 13.1. The van der Waals surface area contributed by atoms with E-state index in [0.717, 1.165) is 11.3 Å². The summed E-state index contributed by atoms with van der Waals surface area (Å²) in [4.78, 5) is 4.77. The molecule has 9 heteroatoms. The van der Waals surface area contributed by atoms with Crippen molar-refractivity contribution in [2.45, 2.75) is 24.8 Å². The maximum Gasteiger partial charge on any atom is 0.241 e. The normalized spacial score (nSPS) is 12.4. The molecule has 39 heavy (non-hydrogen) atoms. The molecule has 0 radical (unpaired) electrons. The van der Waals surface area contributed by atoms with Crippen molar-refractivity contribution in [1.82, 2.24) is 9.71 Å². The lowest BCUT2D eigenvalue weighted by atomic mass is 10.1. The van der Waals surface area contributed by atoms with Gasteiger partial charge < -0.3 is 5.73 Å². The summed E-state index contributed by atoms with van der Waals surface area (Å²) in [7, 11) is -3.79. The highest BCUT2D eigenvalue weighted by Gasteiger charge is 2.21. The third-order valence-corrected chi connectivity index (χ3v) is 9.33. The van der Waals surface area contributed by atoms with Crippen molar-refractivity contribution in [3.8, 4) is 11.3 Å². The van der Waals surface area contributed by atoms with E-state index in [1.165, 1.54) is 26.2 Å². The van der Waals surface area contributed by atoms with Gasteiger partial charge in [0.05, 0.1) is 22.5 Å². The molecular formula is C30H25N5O2S2. The Kier molecular flexibility index (Phi) is 6.34. The molecule has 0 spiro atoms. The molecule has 7 nitrogen and oxygen atoms in total. The van der Waals surface area contributed by atoms with Gasteiger partial charge in [0, 0.05) is 42.6 Å². The predicted octanol–water partition coefficient (Wildman–Crippen LogP) is 7.95. The molecule has 2 heterocycles. The number of thiophene rings is 1. The molecule has 0 saturated heterocycles. The number of hydrogen-bond acceptors (Lipinski definition) is 7. The number of nitrogens with one attached hydrogen (secondary N) is 1. The van der Waals surface area contributed by atoms with Gasteiger partial charge in [-0.05, 0) is 38.1 Å². The van der Waals surface area contributed by atoms with Crippen molar-refractivity contribution in [2.75, 3.05) is 5.73 Å². The second kappa shape index (κ2) is 9.85. The Balaban J connectivity index is 1.37. The minimum atomic E-state index is -3.79. The third-order valence-electron chi connectivity index (χ3n) is 6.41. The van der Waals surface area contributed by atoms with Crippen LogP contribution in [0.3, 0.4) is 0 Å². The van der Waals surface area contributed by atoms with Gasteiger partial charge in [0.2, 0.25) is 10.0 Å². The minimum absolute atomic E-state index is 0.111. The molecule has 2 aromatic heterocycles.